The maximum Gasteiger partial charge on any atom is 0.419 e. The molecule has 1 saturated carbocycles. The average molecular weight is 418 g/mol. The van der Waals surface area contributed by atoms with Gasteiger partial charge in [0.1, 0.15) is 5.82 Å². The smallest absolute Gasteiger partial charge is 0.352 e. The molecule has 0 aromatic heterocycles. The Hall–Kier alpha value is -1.75. The van der Waals surface area contributed by atoms with Crippen LogP contribution in [0, 0.1) is 11.7 Å². The van der Waals surface area contributed by atoms with Crippen LogP contribution in [0.4, 0.5) is 17.6 Å². The highest BCUT2D eigenvalue weighted by molar-refractivity contribution is 5.94. The molecule has 0 unspecified atom stereocenters. The lowest BCUT2D eigenvalue weighted by Gasteiger charge is -2.32. The summed E-state index contributed by atoms with van der Waals surface area (Å²) in [7, 11) is 0. The topological polar surface area (TPSA) is 67.8 Å². The fraction of sp³-hybridized carbons (Fsp3) is 0.632. The molecule has 1 aliphatic carbocycles. The molecule has 0 bridgehead atoms. The van der Waals surface area contributed by atoms with Gasteiger partial charge in [0.05, 0.1) is 11.6 Å². The third-order valence-corrected chi connectivity index (χ3v) is 5.39. The summed E-state index contributed by atoms with van der Waals surface area (Å²) in [6.45, 7) is 3.53. The minimum absolute atomic E-state index is 0.202. The maximum absolute atomic E-state index is 13.3. The van der Waals surface area contributed by atoms with Crippen molar-refractivity contribution in [3.05, 3.63) is 35.1 Å². The number of hydroxylamine groups is 1. The van der Waals surface area contributed by atoms with Crippen LogP contribution in [0.1, 0.15) is 41.6 Å². The Bertz CT molecular complexity index is 704. The molecule has 0 spiro atoms. The standard InChI is InChI=1S/C19H26F4N4O2/c20-17-4-1-14(11-16(17)19(21,22)23)18(28)24-12-13-5-8-26(9-6-13)10-7-25-27(29)15-2-3-15/h1,4,11,13,15,25,29H,2-3,5-10,12H2,(H,24,28). The Balaban J connectivity index is 1.38. The predicted octanol–water partition coefficient (Wildman–Crippen LogP) is 2.64. The number of nitrogens with zero attached hydrogens (tertiary/aromatic N) is 2. The van der Waals surface area contributed by atoms with Crippen LogP contribution in [-0.4, -0.2) is 60.0 Å². The van der Waals surface area contributed by atoms with Crippen molar-refractivity contribution in [3.63, 3.8) is 0 Å². The van der Waals surface area contributed by atoms with Crippen LogP contribution < -0.4 is 10.7 Å². The first-order valence-corrected chi connectivity index (χ1v) is 9.83. The zero-order valence-electron chi connectivity index (χ0n) is 16.0. The monoisotopic (exact) mass is 418 g/mol. The van der Waals surface area contributed by atoms with Crippen LogP contribution >= 0.6 is 0 Å². The van der Waals surface area contributed by atoms with Crippen molar-refractivity contribution >= 4 is 5.91 Å². The summed E-state index contributed by atoms with van der Waals surface area (Å²) in [5.41, 5.74) is 1.33. The van der Waals surface area contributed by atoms with Crippen molar-refractivity contribution in [2.45, 2.75) is 37.9 Å². The Morgan fingerprint density at radius 1 is 1.21 bits per heavy atom. The lowest BCUT2D eigenvalue weighted by molar-refractivity contribution is -0.146. The second-order valence-corrected chi connectivity index (χ2v) is 7.67. The molecule has 10 heteroatoms. The van der Waals surface area contributed by atoms with E-state index in [1.807, 2.05) is 0 Å². The number of hydrogen-bond acceptors (Lipinski definition) is 5. The molecule has 0 atom stereocenters. The van der Waals surface area contributed by atoms with Gasteiger partial charge in [-0.05, 0) is 62.9 Å². The molecule has 1 heterocycles. The highest BCUT2D eigenvalue weighted by Gasteiger charge is 2.34. The molecule has 1 amide bonds. The number of benzene rings is 1. The first-order valence-electron chi connectivity index (χ1n) is 9.83. The van der Waals surface area contributed by atoms with E-state index in [0.717, 1.165) is 51.4 Å². The number of piperidine rings is 1. The van der Waals surface area contributed by atoms with Crippen LogP contribution in [-0.2, 0) is 6.18 Å². The van der Waals surface area contributed by atoms with Gasteiger partial charge in [0.25, 0.3) is 5.91 Å². The van der Waals surface area contributed by atoms with Crippen molar-refractivity contribution in [1.29, 1.82) is 0 Å². The number of carbonyl (C=O) groups is 1. The zero-order valence-corrected chi connectivity index (χ0v) is 16.0. The number of amides is 1. The largest absolute Gasteiger partial charge is 0.419 e. The van der Waals surface area contributed by atoms with Crippen molar-refractivity contribution in [2.24, 2.45) is 5.92 Å². The van der Waals surface area contributed by atoms with Gasteiger partial charge < -0.3 is 10.2 Å². The van der Waals surface area contributed by atoms with E-state index in [9.17, 15) is 27.6 Å². The molecule has 0 radical (unpaired) electrons. The third-order valence-electron chi connectivity index (χ3n) is 5.39. The molecule has 1 aromatic rings. The number of carbonyl (C=O) groups excluding carboxylic acids is 1. The molecule has 1 saturated heterocycles. The molecular weight excluding hydrogens is 392 g/mol. The molecule has 3 rings (SSSR count). The number of hydrogen-bond donors (Lipinski definition) is 3. The lowest BCUT2D eigenvalue weighted by atomic mass is 9.96. The van der Waals surface area contributed by atoms with Crippen LogP contribution in [0.25, 0.3) is 0 Å². The molecule has 1 aliphatic heterocycles. The number of rotatable bonds is 8. The Labute approximate surface area is 166 Å². The van der Waals surface area contributed by atoms with Crippen molar-refractivity contribution in [1.82, 2.24) is 20.8 Å². The molecule has 2 aliphatic rings. The van der Waals surface area contributed by atoms with Crippen LogP contribution in [0.5, 0.6) is 0 Å². The molecule has 2 fully saturated rings. The Morgan fingerprint density at radius 3 is 2.52 bits per heavy atom. The van der Waals surface area contributed by atoms with Crippen molar-refractivity contribution in [2.75, 3.05) is 32.7 Å². The van der Waals surface area contributed by atoms with Gasteiger partial charge in [-0.15, -0.1) is 5.17 Å². The zero-order chi connectivity index (χ0) is 21.0. The first-order chi connectivity index (χ1) is 13.7. The van der Waals surface area contributed by atoms with E-state index in [1.165, 1.54) is 5.17 Å². The van der Waals surface area contributed by atoms with Crippen LogP contribution in [0.2, 0.25) is 0 Å². The number of nitrogens with one attached hydrogen (secondary N) is 2. The molecule has 1 aromatic carbocycles. The Kier molecular flexibility index (Phi) is 7.10. The van der Waals surface area contributed by atoms with E-state index in [2.05, 4.69) is 15.6 Å². The summed E-state index contributed by atoms with van der Waals surface area (Å²) >= 11 is 0. The van der Waals surface area contributed by atoms with E-state index >= 15 is 0 Å². The minimum atomic E-state index is -4.84. The molecule has 6 nitrogen and oxygen atoms in total. The molecule has 3 N–H and O–H groups in total. The minimum Gasteiger partial charge on any atom is -0.352 e. The van der Waals surface area contributed by atoms with Crippen molar-refractivity contribution in [3.8, 4) is 0 Å². The fourth-order valence-electron chi connectivity index (χ4n) is 3.41. The van der Waals surface area contributed by atoms with E-state index < -0.39 is 23.5 Å². The molecule has 29 heavy (non-hydrogen) atoms. The van der Waals surface area contributed by atoms with Gasteiger partial charge in [0.2, 0.25) is 0 Å². The second-order valence-electron chi connectivity index (χ2n) is 7.67. The quantitative estimate of drug-likeness (QED) is 0.448. The molecular formula is C19H26F4N4O2. The number of likely N-dealkylation sites (tertiary alicyclic amines) is 1. The van der Waals surface area contributed by atoms with Gasteiger partial charge in [0.15, 0.2) is 0 Å². The summed E-state index contributed by atoms with van der Waals surface area (Å²) in [5, 5.41) is 13.5. The highest BCUT2D eigenvalue weighted by atomic mass is 19.4. The first kappa shape index (κ1) is 21.9. The third kappa shape index (κ3) is 6.36. The second kappa shape index (κ2) is 9.38. The molecule has 162 valence electrons. The van der Waals surface area contributed by atoms with Gasteiger partial charge in [0, 0.05) is 25.2 Å². The normalized spacial score (nSPS) is 19.0. The van der Waals surface area contributed by atoms with E-state index in [1.54, 1.807) is 0 Å². The number of hydrazine groups is 1. The van der Waals surface area contributed by atoms with E-state index in [0.29, 0.717) is 25.2 Å². The summed E-state index contributed by atoms with van der Waals surface area (Å²) in [6, 6.07) is 2.51. The van der Waals surface area contributed by atoms with E-state index in [-0.39, 0.29) is 17.5 Å². The van der Waals surface area contributed by atoms with Gasteiger partial charge >= 0.3 is 6.18 Å². The summed E-state index contributed by atoms with van der Waals surface area (Å²) in [5.74, 6) is -1.78. The van der Waals surface area contributed by atoms with Gasteiger partial charge in [-0.1, -0.05) is 0 Å². The number of alkyl halides is 3. The predicted molar refractivity (Wildman–Crippen MR) is 97.5 cm³/mol. The van der Waals surface area contributed by atoms with Gasteiger partial charge in [-0.25, -0.2) is 9.82 Å². The van der Waals surface area contributed by atoms with Crippen molar-refractivity contribution < 1.29 is 27.6 Å². The van der Waals surface area contributed by atoms with Gasteiger partial charge in [-0.2, -0.15) is 13.2 Å². The van der Waals surface area contributed by atoms with Crippen LogP contribution in [0.15, 0.2) is 18.2 Å². The SMILES string of the molecule is O=C(NCC1CCN(CCNN(O)C2CC2)CC1)c1ccc(F)c(C(F)(F)F)c1. The summed E-state index contributed by atoms with van der Waals surface area (Å²) in [4.78, 5) is 14.4. The Morgan fingerprint density at radius 2 is 1.90 bits per heavy atom. The van der Waals surface area contributed by atoms with Gasteiger partial charge in [-0.3, -0.25) is 10.0 Å². The average Bonchev–Trinajstić information content (AvgIpc) is 3.52. The van der Waals surface area contributed by atoms with Crippen LogP contribution in [0.3, 0.4) is 0 Å². The maximum atomic E-state index is 13.3. The summed E-state index contributed by atoms with van der Waals surface area (Å²) in [6.07, 6.45) is -1.09. The fourth-order valence-corrected chi connectivity index (χ4v) is 3.41. The van der Waals surface area contributed by atoms with E-state index in [4.69, 9.17) is 0 Å². The lowest BCUT2D eigenvalue weighted by Crippen LogP contribution is -2.44. The highest BCUT2D eigenvalue weighted by Crippen LogP contribution is 2.32. The summed E-state index contributed by atoms with van der Waals surface area (Å²) < 4.78 is 51.7. The number of halogens is 4.